The van der Waals surface area contributed by atoms with Crippen LogP contribution in [0.5, 0.6) is 0 Å². The number of nitrogens with zero attached hydrogens (tertiary/aromatic N) is 1. The summed E-state index contributed by atoms with van der Waals surface area (Å²) in [5.41, 5.74) is 4.98. The third-order valence-corrected chi connectivity index (χ3v) is 6.19. The molecule has 0 aliphatic carbocycles. The molecule has 4 rings (SSSR count). The van der Waals surface area contributed by atoms with Crippen molar-refractivity contribution in [2.75, 3.05) is 22.1 Å². The van der Waals surface area contributed by atoms with Gasteiger partial charge in [0.25, 0.3) is 5.91 Å². The van der Waals surface area contributed by atoms with Crippen LogP contribution in [0.4, 0.5) is 21.9 Å². The predicted molar refractivity (Wildman–Crippen MR) is 123 cm³/mol. The molecule has 0 aromatic heterocycles. The first-order valence-electron chi connectivity index (χ1n) is 9.84. The summed E-state index contributed by atoms with van der Waals surface area (Å²) >= 11 is 1.57. The van der Waals surface area contributed by atoms with Crippen LogP contribution in [0.15, 0.2) is 70.5 Å². The summed E-state index contributed by atoms with van der Waals surface area (Å²) in [5.74, 6) is -0.0312. The smallest absolute Gasteiger partial charge is 0.308 e. The van der Waals surface area contributed by atoms with Gasteiger partial charge in [-0.25, -0.2) is 4.79 Å². The number of benzene rings is 3. The highest BCUT2D eigenvalue weighted by Crippen LogP contribution is 2.42. The zero-order valence-corrected chi connectivity index (χ0v) is 18.0. The minimum Gasteiger partial charge on any atom is -0.308 e. The molecule has 0 unspecified atom stereocenters. The van der Waals surface area contributed by atoms with E-state index in [2.05, 4.69) is 10.6 Å². The number of amides is 3. The number of fused-ring (bicyclic) bond motifs is 2. The average molecular weight is 418 g/mol. The molecule has 6 heteroatoms. The molecular formula is C24H23N3O2S. The van der Waals surface area contributed by atoms with Gasteiger partial charge in [-0.3, -0.25) is 4.79 Å². The van der Waals surface area contributed by atoms with Crippen LogP contribution in [0.1, 0.15) is 28.4 Å². The van der Waals surface area contributed by atoms with Crippen LogP contribution in [0.3, 0.4) is 0 Å². The molecule has 0 radical (unpaired) electrons. The van der Waals surface area contributed by atoms with Gasteiger partial charge in [-0.15, -0.1) is 0 Å². The molecule has 3 aromatic carbocycles. The number of anilines is 3. The Kier molecular flexibility index (Phi) is 5.50. The Hall–Kier alpha value is -3.25. The molecule has 30 heavy (non-hydrogen) atoms. The van der Waals surface area contributed by atoms with E-state index in [0.717, 1.165) is 32.3 Å². The highest BCUT2D eigenvalue weighted by Gasteiger charge is 2.26. The maximum absolute atomic E-state index is 13.1. The molecule has 1 aliphatic heterocycles. The lowest BCUT2D eigenvalue weighted by Gasteiger charge is -2.22. The summed E-state index contributed by atoms with van der Waals surface area (Å²) in [6.07, 6.45) is 0. The Morgan fingerprint density at radius 3 is 2.57 bits per heavy atom. The molecule has 0 fully saturated rings. The van der Waals surface area contributed by atoms with Crippen LogP contribution in [0.2, 0.25) is 0 Å². The first-order valence-corrected chi connectivity index (χ1v) is 10.7. The van der Waals surface area contributed by atoms with Crippen molar-refractivity contribution in [3.63, 3.8) is 0 Å². The van der Waals surface area contributed by atoms with E-state index in [1.807, 2.05) is 81.4 Å². The fourth-order valence-corrected chi connectivity index (χ4v) is 4.53. The Morgan fingerprint density at radius 1 is 0.967 bits per heavy atom. The SMILES string of the molecule is CCN1C(=O)c2ccccc2Sc2ccc(NC(=O)Nc3cc(C)ccc3C)cc21. The molecule has 1 heterocycles. The number of carbonyl (C=O) groups excluding carboxylic acids is 2. The molecule has 3 amide bonds. The Bertz CT molecular complexity index is 1140. The molecule has 5 nitrogen and oxygen atoms in total. The first-order chi connectivity index (χ1) is 14.5. The predicted octanol–water partition coefficient (Wildman–Crippen LogP) is 6.08. The van der Waals surface area contributed by atoms with Crippen LogP contribution < -0.4 is 15.5 Å². The fourth-order valence-electron chi connectivity index (χ4n) is 3.47. The van der Waals surface area contributed by atoms with Crippen LogP contribution in [-0.4, -0.2) is 18.5 Å². The zero-order chi connectivity index (χ0) is 21.3. The fraction of sp³-hybridized carbons (Fsp3) is 0.167. The molecule has 152 valence electrons. The van der Waals surface area contributed by atoms with Crippen molar-refractivity contribution in [1.29, 1.82) is 0 Å². The summed E-state index contributed by atoms with van der Waals surface area (Å²) in [6.45, 7) is 6.44. The summed E-state index contributed by atoms with van der Waals surface area (Å²) in [5, 5.41) is 5.80. The summed E-state index contributed by atoms with van der Waals surface area (Å²) < 4.78 is 0. The van der Waals surface area contributed by atoms with E-state index in [1.54, 1.807) is 16.7 Å². The number of rotatable bonds is 3. The molecule has 0 saturated carbocycles. The standard InChI is InChI=1S/C24H23N3O2S/c1-4-27-20-14-17(25-24(29)26-19-13-15(2)9-10-16(19)3)11-12-22(20)30-21-8-6-5-7-18(21)23(27)28/h5-14H,4H2,1-3H3,(H2,25,26,29). The molecule has 1 aliphatic rings. The van der Waals surface area contributed by atoms with Gasteiger partial charge in [-0.05, 0) is 68.3 Å². The molecule has 2 N–H and O–H groups in total. The van der Waals surface area contributed by atoms with Crippen molar-refractivity contribution in [2.45, 2.75) is 30.6 Å². The van der Waals surface area contributed by atoms with Crippen molar-refractivity contribution < 1.29 is 9.59 Å². The molecule has 3 aromatic rings. The Labute approximate surface area is 180 Å². The van der Waals surface area contributed by atoms with Crippen molar-refractivity contribution in [3.8, 4) is 0 Å². The minimum absolute atomic E-state index is 0.0312. The van der Waals surface area contributed by atoms with Gasteiger partial charge in [0.1, 0.15) is 0 Å². The molecule has 0 saturated heterocycles. The first kappa shape index (κ1) is 20.0. The molecule has 0 bridgehead atoms. The number of hydrogen-bond donors (Lipinski definition) is 2. The number of nitrogens with one attached hydrogen (secondary N) is 2. The Balaban J connectivity index is 1.61. The van der Waals surface area contributed by atoms with Gasteiger partial charge in [0.15, 0.2) is 0 Å². The van der Waals surface area contributed by atoms with Crippen LogP contribution in [0.25, 0.3) is 0 Å². The van der Waals surface area contributed by atoms with Crippen LogP contribution in [0, 0.1) is 13.8 Å². The molecule has 0 atom stereocenters. The van der Waals surface area contributed by atoms with E-state index < -0.39 is 0 Å². The quantitative estimate of drug-likeness (QED) is 0.543. The van der Waals surface area contributed by atoms with Crippen LogP contribution >= 0.6 is 11.8 Å². The van der Waals surface area contributed by atoms with Crippen LogP contribution in [-0.2, 0) is 0 Å². The number of carbonyl (C=O) groups is 2. The van der Waals surface area contributed by atoms with Crippen molar-refractivity contribution in [1.82, 2.24) is 0 Å². The van der Waals surface area contributed by atoms with Gasteiger partial charge in [0.2, 0.25) is 0 Å². The van der Waals surface area contributed by atoms with E-state index in [0.29, 0.717) is 17.8 Å². The number of urea groups is 1. The lowest BCUT2D eigenvalue weighted by Crippen LogP contribution is -2.30. The highest BCUT2D eigenvalue weighted by atomic mass is 32.2. The van der Waals surface area contributed by atoms with E-state index in [4.69, 9.17) is 0 Å². The lowest BCUT2D eigenvalue weighted by atomic mass is 10.1. The minimum atomic E-state index is -0.317. The van der Waals surface area contributed by atoms with Gasteiger partial charge < -0.3 is 15.5 Å². The Morgan fingerprint density at radius 2 is 1.77 bits per heavy atom. The second-order valence-electron chi connectivity index (χ2n) is 7.23. The number of hydrogen-bond acceptors (Lipinski definition) is 3. The summed E-state index contributed by atoms with van der Waals surface area (Å²) in [6, 6.07) is 18.9. The lowest BCUT2D eigenvalue weighted by molar-refractivity contribution is 0.0985. The van der Waals surface area contributed by atoms with Gasteiger partial charge in [-0.1, -0.05) is 36.0 Å². The van der Waals surface area contributed by atoms with Crippen molar-refractivity contribution in [2.24, 2.45) is 0 Å². The van der Waals surface area contributed by atoms with Crippen molar-refractivity contribution in [3.05, 3.63) is 77.4 Å². The second kappa shape index (κ2) is 8.24. The van der Waals surface area contributed by atoms with Gasteiger partial charge in [-0.2, -0.15) is 0 Å². The number of aryl methyl sites for hydroxylation is 2. The molecular weight excluding hydrogens is 394 g/mol. The monoisotopic (exact) mass is 417 g/mol. The van der Waals surface area contributed by atoms with E-state index in [1.165, 1.54) is 0 Å². The average Bonchev–Trinajstić information content (AvgIpc) is 2.84. The zero-order valence-electron chi connectivity index (χ0n) is 17.2. The van der Waals surface area contributed by atoms with Gasteiger partial charge in [0.05, 0.1) is 11.3 Å². The van der Waals surface area contributed by atoms with E-state index >= 15 is 0 Å². The maximum atomic E-state index is 13.1. The maximum Gasteiger partial charge on any atom is 0.323 e. The third-order valence-electron chi connectivity index (χ3n) is 5.05. The van der Waals surface area contributed by atoms with Gasteiger partial charge in [0, 0.05) is 27.7 Å². The second-order valence-corrected chi connectivity index (χ2v) is 8.31. The van der Waals surface area contributed by atoms with Gasteiger partial charge >= 0.3 is 6.03 Å². The normalized spacial score (nSPS) is 12.6. The molecule has 0 spiro atoms. The highest BCUT2D eigenvalue weighted by molar-refractivity contribution is 7.99. The van der Waals surface area contributed by atoms with Crippen molar-refractivity contribution >= 4 is 40.8 Å². The topological polar surface area (TPSA) is 61.4 Å². The largest absolute Gasteiger partial charge is 0.323 e. The summed E-state index contributed by atoms with van der Waals surface area (Å²) in [7, 11) is 0. The van der Waals surface area contributed by atoms with E-state index in [-0.39, 0.29) is 11.9 Å². The summed E-state index contributed by atoms with van der Waals surface area (Å²) in [4.78, 5) is 29.3. The third kappa shape index (κ3) is 3.91. The van der Waals surface area contributed by atoms with E-state index in [9.17, 15) is 9.59 Å².